The second-order valence-electron chi connectivity index (χ2n) is 32.5. The van der Waals surface area contributed by atoms with Crippen molar-refractivity contribution in [1.82, 2.24) is 29.6 Å². The van der Waals surface area contributed by atoms with Crippen LogP contribution in [0.3, 0.4) is 0 Å². The number of imidazole rings is 1. The first-order valence-corrected chi connectivity index (χ1v) is 43.3. The molecule has 0 bridgehead atoms. The predicted octanol–water partition coefficient (Wildman–Crippen LogP) is 16.6. The van der Waals surface area contributed by atoms with E-state index in [0.29, 0.717) is 114 Å². The average molecular weight is 1800 g/mol. The molecule has 0 radical (unpaired) electrons. The molecule has 4 N–H and O–H groups in total. The first-order chi connectivity index (χ1) is 61.6. The van der Waals surface area contributed by atoms with Gasteiger partial charge in [0.2, 0.25) is 29.5 Å². The van der Waals surface area contributed by atoms with Gasteiger partial charge in [-0.2, -0.15) is 0 Å². The van der Waals surface area contributed by atoms with Crippen LogP contribution in [-0.2, 0) is 38.4 Å². The van der Waals surface area contributed by atoms with Crippen LogP contribution in [0.25, 0.3) is 87.9 Å². The summed E-state index contributed by atoms with van der Waals surface area (Å²) in [7, 11) is 0. The summed E-state index contributed by atoms with van der Waals surface area (Å²) in [4.78, 5) is 119. The molecule has 0 unspecified atom stereocenters. The zero-order valence-corrected chi connectivity index (χ0v) is 72.2. The molecule has 0 aliphatic carbocycles. The first kappa shape index (κ1) is 86.4. The van der Waals surface area contributed by atoms with Crippen molar-refractivity contribution in [3.05, 3.63) is 253 Å². The SMILES string of the molecule is C=CC(=O)N1CC(CN2C(=O)COc3c2cc(Cl)c(-c2cc(O)cc4ccccc24)c3F)C1.C=CC(=O)N1CC(CN2C(=O)COc3cc(-c4c(C)ccc5[nH]cnc45)c(Cl)cc32)C1.C=CC(=O)N1CC(CN2C(=O)CSc3cc(-c4cc(O)cc5ccccc45)ccc32)C1.C=CC(=O)N1CC(F)(CN2C(=O)COc3cc(-c4cc(O)cc5ccccc45)c(Cl)cc32)C1. The molecule has 1 aromatic heterocycles. The highest BCUT2D eigenvalue weighted by Gasteiger charge is 2.49. The van der Waals surface area contributed by atoms with Gasteiger partial charge in [0.15, 0.2) is 37.1 Å². The number of halogens is 5. The molecule has 8 aliphatic heterocycles. The summed E-state index contributed by atoms with van der Waals surface area (Å²) in [5.74, 6) is 0.167. The van der Waals surface area contributed by atoms with Gasteiger partial charge in [-0.05, 0) is 176 Å². The lowest BCUT2D eigenvalue weighted by atomic mass is 9.94. The lowest BCUT2D eigenvalue weighted by molar-refractivity contribution is -0.139. The van der Waals surface area contributed by atoms with Crippen LogP contribution in [0.15, 0.2) is 232 Å². The van der Waals surface area contributed by atoms with Crippen LogP contribution >= 0.6 is 46.6 Å². The molecular formula is C98H83Cl3F2N10O14S. The average Bonchev–Trinajstić information content (AvgIpc) is 0.836. The summed E-state index contributed by atoms with van der Waals surface area (Å²) >= 11 is 21.5. The van der Waals surface area contributed by atoms with Gasteiger partial charge < -0.3 is 73.7 Å². The number of aryl methyl sites for hydroxylation is 1. The summed E-state index contributed by atoms with van der Waals surface area (Å²) in [5, 5.41) is 36.8. The number of phenols is 3. The molecule has 30 heteroatoms. The Kier molecular flexibility index (Phi) is 24.0. The number of aromatic amines is 1. The summed E-state index contributed by atoms with van der Waals surface area (Å²) in [6, 6.07) is 51.4. The first-order valence-electron chi connectivity index (χ1n) is 41.1. The summed E-state index contributed by atoms with van der Waals surface area (Å²) in [6.45, 7) is 19.9. The number of alkyl halides is 1. The minimum Gasteiger partial charge on any atom is -0.508 e. The third-order valence-electron chi connectivity index (χ3n) is 24.0. The van der Waals surface area contributed by atoms with E-state index in [1.54, 1.807) is 86.2 Å². The van der Waals surface area contributed by atoms with Crippen LogP contribution in [0.1, 0.15) is 5.56 Å². The third-order valence-corrected chi connectivity index (χ3v) is 25.9. The number of anilines is 4. The number of phenolic OH excluding ortho intramolecular Hbond substituents is 3. The highest BCUT2D eigenvalue weighted by molar-refractivity contribution is 8.00. The number of fused-ring (bicyclic) bond motifs is 8. The third kappa shape index (κ3) is 17.0. The van der Waals surface area contributed by atoms with Crippen molar-refractivity contribution in [3.8, 4) is 79.0 Å². The minimum atomic E-state index is -1.73. The van der Waals surface area contributed by atoms with Crippen molar-refractivity contribution in [1.29, 1.82) is 0 Å². The van der Waals surface area contributed by atoms with Gasteiger partial charge in [0.1, 0.15) is 28.7 Å². The molecule has 11 aromatic carbocycles. The number of aromatic nitrogens is 2. The molecule has 8 amide bonds. The van der Waals surface area contributed by atoms with Crippen LogP contribution < -0.4 is 33.8 Å². The summed E-state index contributed by atoms with van der Waals surface area (Å²) < 4.78 is 48.0. The normalized spacial score (nSPS) is 16.2. The zero-order chi connectivity index (χ0) is 89.8. The number of likely N-dealkylation sites (tertiary alicyclic amines) is 4. The minimum absolute atomic E-state index is 0.0155. The van der Waals surface area contributed by atoms with Crippen LogP contribution in [0.2, 0.25) is 15.1 Å². The van der Waals surface area contributed by atoms with Gasteiger partial charge in [0.25, 0.3) is 17.7 Å². The van der Waals surface area contributed by atoms with E-state index in [1.807, 2.05) is 109 Å². The topological polar surface area (TPSA) is 280 Å². The molecule has 650 valence electrons. The van der Waals surface area contributed by atoms with Crippen molar-refractivity contribution < 1.29 is 76.7 Å². The number of carbonyl (C=O) groups is 8. The summed E-state index contributed by atoms with van der Waals surface area (Å²) in [6.07, 6.45) is 6.71. The summed E-state index contributed by atoms with van der Waals surface area (Å²) in [5.41, 5.74) is 8.90. The van der Waals surface area contributed by atoms with E-state index in [4.69, 9.17) is 49.0 Å². The number of amides is 8. The van der Waals surface area contributed by atoms with Crippen LogP contribution in [0, 0.1) is 30.5 Å². The monoisotopic (exact) mass is 1800 g/mol. The number of ether oxygens (including phenoxy) is 3. The van der Waals surface area contributed by atoms with Crippen molar-refractivity contribution in [2.45, 2.75) is 17.5 Å². The Balaban J connectivity index is 0.000000120. The number of thioether (sulfide) groups is 1. The number of rotatable bonds is 16. The molecule has 4 fully saturated rings. The molecular weight excluding hydrogens is 1720 g/mol. The number of nitrogens with one attached hydrogen (secondary N) is 1. The highest BCUT2D eigenvalue weighted by atomic mass is 35.5. The molecule has 9 heterocycles. The molecule has 0 spiro atoms. The zero-order valence-electron chi connectivity index (χ0n) is 69.1. The Morgan fingerprint density at radius 1 is 0.492 bits per heavy atom. The van der Waals surface area contributed by atoms with Gasteiger partial charge in [-0.15, -0.1) is 11.8 Å². The molecule has 128 heavy (non-hydrogen) atoms. The van der Waals surface area contributed by atoms with Gasteiger partial charge in [-0.3, -0.25) is 38.4 Å². The maximum atomic E-state index is 15.8. The van der Waals surface area contributed by atoms with Gasteiger partial charge in [-0.1, -0.05) is 146 Å². The molecule has 0 saturated carbocycles. The number of hydrogen-bond donors (Lipinski definition) is 4. The maximum Gasteiger partial charge on any atom is 0.265 e. The molecule has 8 aliphatic rings. The number of benzene rings is 11. The Morgan fingerprint density at radius 2 is 0.938 bits per heavy atom. The van der Waals surface area contributed by atoms with Crippen molar-refractivity contribution in [3.63, 3.8) is 0 Å². The van der Waals surface area contributed by atoms with E-state index in [9.17, 15) is 53.7 Å². The molecule has 12 aromatic rings. The van der Waals surface area contributed by atoms with Crippen molar-refractivity contribution in [2.24, 2.45) is 17.8 Å². The lowest BCUT2D eigenvalue weighted by Gasteiger charge is -2.46. The number of H-pyrrole nitrogens is 1. The Labute approximate surface area is 752 Å². The fourth-order valence-electron chi connectivity index (χ4n) is 17.6. The number of carbonyl (C=O) groups excluding carboxylic acids is 8. The fourth-order valence-corrected chi connectivity index (χ4v) is 19.3. The quantitative estimate of drug-likeness (QED) is 0.0654. The number of hydrogen-bond acceptors (Lipinski definition) is 16. The van der Waals surface area contributed by atoms with Gasteiger partial charge in [0, 0.05) is 104 Å². The Bertz CT molecular complexity index is 6670. The van der Waals surface area contributed by atoms with Crippen LogP contribution in [0.5, 0.6) is 34.5 Å². The van der Waals surface area contributed by atoms with E-state index in [2.05, 4.69) is 48.4 Å². The van der Waals surface area contributed by atoms with Crippen LogP contribution in [-0.4, -0.2) is 202 Å². The van der Waals surface area contributed by atoms with E-state index >= 15 is 8.78 Å². The number of aromatic hydroxyl groups is 3. The fraction of sp³-hybridized carbons (Fsp3) is 0.214. The molecule has 24 nitrogen and oxygen atoms in total. The molecule has 20 rings (SSSR count). The standard InChI is InChI=1S/2C25H20ClFN2O4.C25H22N2O3S.C23H21ClN4O3/c1-2-23(31)28-12-25(27,13-28)14-29-21-10-20(26)19(9-22(21)33-11-24(29)32)18-8-16(30)7-15-5-3-4-6-17(15)18;1-2-21(31)28-10-14(11-28)12-29-20-9-19(26)23(24(27)25(20)33-13-22(29)32)18-8-16(30)7-15-5-3-4-6-17(15)18;1-2-24(29)26-12-16(13-26)14-27-22-8-7-18(10-23(22)31-15-25(27)30)21-11-19(28)9-17-5-3-4-6-20(17)21;1-3-20(29)27-8-14(9-27)10-28-18-7-16(24)15(6-19(18)31-11-21(28)30)22-13(2)4-5-17-23(22)26-12-25-17/h2-10,30H,1,11-14H2;2-9,14,30H,1,10-13H2;2-11,16,28H,1,12-15H2;3-7,12,14H,1,8-11H2,2H3,(H,25,26). The molecule has 0 atom stereocenters. The molecule has 4 saturated heterocycles. The van der Waals surface area contributed by atoms with Crippen LogP contribution in [0.4, 0.5) is 31.5 Å². The largest absolute Gasteiger partial charge is 0.508 e. The highest BCUT2D eigenvalue weighted by Crippen LogP contribution is 2.51. The van der Waals surface area contributed by atoms with Gasteiger partial charge in [-0.25, -0.2) is 13.8 Å². The predicted molar refractivity (Wildman–Crippen MR) is 492 cm³/mol. The smallest absolute Gasteiger partial charge is 0.265 e. The van der Waals surface area contributed by atoms with E-state index in [0.717, 1.165) is 87.8 Å². The lowest BCUT2D eigenvalue weighted by Crippen LogP contribution is -2.65. The number of nitrogens with zero attached hydrogens (tertiary/aromatic N) is 9. The Morgan fingerprint density at radius 3 is 1.48 bits per heavy atom. The van der Waals surface area contributed by atoms with Crippen molar-refractivity contribution in [2.75, 3.05) is 124 Å². The van der Waals surface area contributed by atoms with Crippen molar-refractivity contribution >= 4 is 160 Å². The van der Waals surface area contributed by atoms with E-state index < -0.39 is 11.5 Å². The van der Waals surface area contributed by atoms with Gasteiger partial charge >= 0.3 is 0 Å². The maximum absolute atomic E-state index is 15.8. The van der Waals surface area contributed by atoms with Gasteiger partial charge in [0.05, 0.1) is 80.6 Å². The Hall–Kier alpha value is -13.7. The second kappa shape index (κ2) is 35.6. The van der Waals surface area contributed by atoms with E-state index in [-0.39, 0.29) is 144 Å². The second-order valence-corrected chi connectivity index (χ2v) is 34.8. The van der Waals surface area contributed by atoms with E-state index in [1.165, 1.54) is 45.1 Å².